The molecule has 1 heterocycles. The Morgan fingerprint density at radius 3 is 1.83 bits per heavy atom. The summed E-state index contributed by atoms with van der Waals surface area (Å²) in [5, 5.41) is 7.00. The van der Waals surface area contributed by atoms with Gasteiger partial charge in [0.1, 0.15) is 11.3 Å². The largest absolute Gasteiger partial charge is 0.471 e. The molecule has 7 rings (SSSR count). The van der Waals surface area contributed by atoms with E-state index in [0.717, 1.165) is 7.11 Å². The van der Waals surface area contributed by atoms with Crippen LogP contribution in [0.25, 0.3) is 0 Å². The van der Waals surface area contributed by atoms with Gasteiger partial charge in [0.15, 0.2) is 0 Å². The Bertz CT molecular complexity index is 513. The van der Waals surface area contributed by atoms with Crippen molar-refractivity contribution in [2.75, 3.05) is 14.2 Å². The van der Waals surface area contributed by atoms with Gasteiger partial charge in [-0.1, -0.05) is 0 Å². The molecule has 6 aliphatic carbocycles. The second-order valence-corrected chi connectivity index (χ2v) is 7.25. The van der Waals surface area contributed by atoms with Crippen LogP contribution in [-0.4, -0.2) is 52.2 Å². The number of carbonyl (C=O) groups is 1. The van der Waals surface area contributed by atoms with Crippen LogP contribution in [0.1, 0.15) is 38.5 Å². The molecule has 6 aliphatic rings. The van der Waals surface area contributed by atoms with E-state index in [4.69, 9.17) is 15.6 Å². The van der Waals surface area contributed by atoms with Gasteiger partial charge in [0.2, 0.25) is 0 Å². The lowest BCUT2D eigenvalue weighted by molar-refractivity contribution is -0.198. The number of ether oxygens (including phenoxy) is 1. The summed E-state index contributed by atoms with van der Waals surface area (Å²) in [6, 6.07) is 0. The SMILES string of the molecule is CO.COC=O.FC12CC(n3ccnc3)(C1)C2.NC12CC(F)(C1)C2. The van der Waals surface area contributed by atoms with Crippen LogP contribution in [0.5, 0.6) is 0 Å². The molecule has 3 N–H and O–H groups in total. The maximum atomic E-state index is 13.1. The molecule has 24 heavy (non-hydrogen) atoms. The van der Waals surface area contributed by atoms with E-state index in [1.165, 1.54) is 7.11 Å². The quantitative estimate of drug-likeness (QED) is 0.792. The summed E-state index contributed by atoms with van der Waals surface area (Å²) < 4.78 is 31.4. The number of aliphatic hydroxyl groups is 1. The molecule has 0 saturated heterocycles. The van der Waals surface area contributed by atoms with Crippen LogP contribution >= 0.6 is 0 Å². The number of aliphatic hydroxyl groups excluding tert-OH is 1. The standard InChI is InChI=1S/C8H9FN2.C5H8FN.C2H4O2.CH4O/c9-7-3-8(4-7,5-7)11-2-1-10-6-11;6-4-1-5(7,2-4)3-4;1-4-2-3;1-2/h1-2,6H,3-5H2;1-3,7H2;2H,1H3;2H,1H3. The lowest BCUT2D eigenvalue weighted by Gasteiger charge is -2.66. The van der Waals surface area contributed by atoms with E-state index < -0.39 is 11.3 Å². The van der Waals surface area contributed by atoms with Crippen molar-refractivity contribution in [1.82, 2.24) is 9.55 Å². The van der Waals surface area contributed by atoms with E-state index in [1.807, 2.05) is 10.8 Å². The number of halogens is 2. The fourth-order valence-electron chi connectivity index (χ4n) is 4.16. The van der Waals surface area contributed by atoms with Crippen LogP contribution in [0.2, 0.25) is 0 Å². The van der Waals surface area contributed by atoms with Crippen molar-refractivity contribution < 1.29 is 23.4 Å². The molecular weight excluding hydrogens is 320 g/mol. The van der Waals surface area contributed by atoms with Gasteiger partial charge in [0.05, 0.1) is 19.0 Å². The number of rotatable bonds is 2. The van der Waals surface area contributed by atoms with Crippen molar-refractivity contribution >= 4 is 6.47 Å². The number of aromatic nitrogens is 2. The summed E-state index contributed by atoms with van der Waals surface area (Å²) in [6.07, 6.45) is 9.46. The smallest absolute Gasteiger partial charge is 0.292 e. The summed E-state index contributed by atoms with van der Waals surface area (Å²) in [7, 11) is 2.31. The first kappa shape index (κ1) is 18.8. The Balaban J connectivity index is 0.000000139. The summed E-state index contributed by atoms with van der Waals surface area (Å²) >= 11 is 0. The lowest BCUT2D eigenvalue weighted by atomic mass is 9.47. The lowest BCUT2D eigenvalue weighted by Crippen LogP contribution is -2.74. The summed E-state index contributed by atoms with van der Waals surface area (Å²) in [6.45, 7) is 0.375. The highest BCUT2D eigenvalue weighted by molar-refractivity contribution is 5.36. The number of hydrogen-bond donors (Lipinski definition) is 2. The first-order valence-corrected chi connectivity index (χ1v) is 7.83. The third-order valence-corrected chi connectivity index (χ3v) is 5.09. The van der Waals surface area contributed by atoms with Crippen LogP contribution < -0.4 is 5.73 Å². The minimum absolute atomic E-state index is 0.0469. The van der Waals surface area contributed by atoms with Crippen molar-refractivity contribution in [3.05, 3.63) is 18.7 Å². The maximum Gasteiger partial charge on any atom is 0.292 e. The molecular formula is C16H25F2N3O3. The van der Waals surface area contributed by atoms with Gasteiger partial charge >= 0.3 is 0 Å². The van der Waals surface area contributed by atoms with Gasteiger partial charge in [-0.2, -0.15) is 0 Å². The molecule has 6 saturated carbocycles. The Hall–Kier alpha value is -1.54. The summed E-state index contributed by atoms with van der Waals surface area (Å²) in [5.41, 5.74) is 4.02. The zero-order valence-corrected chi connectivity index (χ0v) is 14.0. The normalized spacial score (nSPS) is 41.6. The molecule has 6 fully saturated rings. The molecule has 6 nitrogen and oxygen atoms in total. The van der Waals surface area contributed by atoms with E-state index in [9.17, 15) is 8.78 Å². The van der Waals surface area contributed by atoms with Crippen LogP contribution in [-0.2, 0) is 15.1 Å². The number of methoxy groups -OCH3 is 1. The van der Waals surface area contributed by atoms with Gasteiger partial charge in [-0.05, 0) is 19.3 Å². The van der Waals surface area contributed by atoms with Gasteiger partial charge in [-0.25, -0.2) is 13.8 Å². The minimum atomic E-state index is -0.801. The fourth-order valence-corrected chi connectivity index (χ4v) is 4.16. The minimum Gasteiger partial charge on any atom is -0.471 e. The molecule has 0 aromatic carbocycles. The zero-order chi connectivity index (χ0) is 18.1. The highest BCUT2D eigenvalue weighted by Crippen LogP contribution is 2.67. The number of nitrogens with two attached hydrogens (primary N) is 1. The van der Waals surface area contributed by atoms with Crippen LogP contribution in [0, 0.1) is 0 Å². The molecule has 0 spiro atoms. The molecule has 1 aromatic rings. The molecule has 1 aromatic heterocycles. The third-order valence-electron chi connectivity index (χ3n) is 5.09. The molecule has 136 valence electrons. The second kappa shape index (κ2) is 6.40. The number of imidazole rings is 1. The fraction of sp³-hybridized carbons (Fsp3) is 0.750. The van der Waals surface area contributed by atoms with Gasteiger partial charge in [-0.3, -0.25) is 4.79 Å². The van der Waals surface area contributed by atoms with E-state index in [2.05, 4.69) is 9.72 Å². The Morgan fingerprint density at radius 2 is 1.62 bits per heavy atom. The molecule has 0 atom stereocenters. The molecule has 0 amide bonds. The van der Waals surface area contributed by atoms with Gasteiger partial charge in [0, 0.05) is 44.3 Å². The van der Waals surface area contributed by atoms with E-state index in [-0.39, 0.29) is 11.1 Å². The molecule has 8 heteroatoms. The van der Waals surface area contributed by atoms with Gasteiger partial charge in [-0.15, -0.1) is 0 Å². The first-order valence-electron chi connectivity index (χ1n) is 7.83. The van der Waals surface area contributed by atoms with E-state index >= 15 is 0 Å². The average Bonchev–Trinajstić information content (AvgIpc) is 2.98. The highest BCUT2D eigenvalue weighted by Gasteiger charge is 2.70. The predicted octanol–water partition coefficient (Wildman–Crippen LogP) is 1.47. The van der Waals surface area contributed by atoms with Crippen molar-refractivity contribution in [1.29, 1.82) is 0 Å². The van der Waals surface area contributed by atoms with E-state index in [1.54, 1.807) is 12.5 Å². The average molecular weight is 345 g/mol. The summed E-state index contributed by atoms with van der Waals surface area (Å²) in [5.74, 6) is 0. The Labute approximate surface area is 140 Å². The zero-order valence-electron chi connectivity index (χ0n) is 14.0. The van der Waals surface area contributed by atoms with E-state index in [0.29, 0.717) is 45.0 Å². The van der Waals surface area contributed by atoms with Crippen LogP contribution in [0.4, 0.5) is 8.78 Å². The van der Waals surface area contributed by atoms with Crippen molar-refractivity contribution in [2.45, 2.75) is 60.9 Å². The highest BCUT2D eigenvalue weighted by atomic mass is 19.1. The topological polar surface area (TPSA) is 90.4 Å². The number of hydrogen-bond acceptors (Lipinski definition) is 5. The molecule has 4 bridgehead atoms. The summed E-state index contributed by atoms with van der Waals surface area (Å²) in [4.78, 5) is 12.9. The van der Waals surface area contributed by atoms with Crippen molar-refractivity contribution in [3.8, 4) is 0 Å². The maximum absolute atomic E-state index is 13.1. The second-order valence-electron chi connectivity index (χ2n) is 7.25. The van der Waals surface area contributed by atoms with Gasteiger partial charge in [0.25, 0.3) is 6.47 Å². The van der Waals surface area contributed by atoms with Crippen molar-refractivity contribution in [2.24, 2.45) is 5.73 Å². The number of carbonyl (C=O) groups excluding carboxylic acids is 1. The third kappa shape index (κ3) is 3.30. The number of alkyl halides is 2. The van der Waals surface area contributed by atoms with Gasteiger partial charge < -0.3 is 20.1 Å². The van der Waals surface area contributed by atoms with Crippen LogP contribution in [0.15, 0.2) is 18.7 Å². The monoisotopic (exact) mass is 345 g/mol. The number of nitrogens with zero attached hydrogens (tertiary/aromatic N) is 2. The molecule has 0 radical (unpaired) electrons. The predicted molar refractivity (Wildman–Crippen MR) is 83.7 cm³/mol. The molecule has 0 unspecified atom stereocenters. The van der Waals surface area contributed by atoms with Crippen LogP contribution in [0.3, 0.4) is 0 Å². The Kier molecular flexibility index (Phi) is 5.01. The molecule has 0 aliphatic heterocycles. The van der Waals surface area contributed by atoms with Crippen molar-refractivity contribution in [3.63, 3.8) is 0 Å². The Morgan fingerprint density at radius 1 is 1.17 bits per heavy atom. The first-order chi connectivity index (χ1) is 11.3.